The van der Waals surface area contributed by atoms with Gasteiger partial charge in [0, 0.05) is 0 Å². The first-order valence-corrected chi connectivity index (χ1v) is 3.23. The van der Waals surface area contributed by atoms with Gasteiger partial charge in [-0.05, 0) is 25.7 Å². The monoisotopic (exact) mass is 108 g/mol. The van der Waals surface area contributed by atoms with Crippen LogP contribution in [-0.4, -0.2) is 0 Å². The third kappa shape index (κ3) is 1.22. The number of hydrogen-bond donors (Lipinski definition) is 0. The van der Waals surface area contributed by atoms with Gasteiger partial charge in [0.15, 0.2) is 0 Å². The predicted octanol–water partition coefficient (Wildman–Crippen LogP) is 2.53. The molecule has 0 amide bonds. The molecule has 0 heterocycles. The molecule has 0 aromatic heterocycles. The van der Waals surface area contributed by atoms with Crippen molar-refractivity contribution in [1.29, 1.82) is 0 Å². The van der Waals surface area contributed by atoms with E-state index in [1.54, 1.807) is 0 Å². The van der Waals surface area contributed by atoms with Gasteiger partial charge < -0.3 is 0 Å². The molecule has 1 aliphatic carbocycles. The fraction of sp³-hybridized carbons (Fsp3) is 0.500. The maximum Gasteiger partial charge on any atom is -0.00507 e. The van der Waals surface area contributed by atoms with Gasteiger partial charge in [-0.2, -0.15) is 0 Å². The average Bonchev–Trinajstić information content (AvgIpc) is 2.19. The van der Waals surface area contributed by atoms with Gasteiger partial charge in [0.2, 0.25) is 0 Å². The van der Waals surface area contributed by atoms with Crippen molar-refractivity contribution in [3.63, 3.8) is 0 Å². The van der Waals surface area contributed by atoms with Crippen LogP contribution in [-0.2, 0) is 0 Å². The summed E-state index contributed by atoms with van der Waals surface area (Å²) >= 11 is 0. The zero-order valence-corrected chi connectivity index (χ0v) is 5.30. The predicted molar refractivity (Wildman–Crippen MR) is 36.7 cm³/mol. The largest absolute Gasteiger partial charge is 0.0911 e. The SMILES string of the molecule is C/C=C\C1C=CCC1. The molecule has 0 aromatic rings. The van der Waals surface area contributed by atoms with Crippen LogP contribution in [0.1, 0.15) is 19.8 Å². The first kappa shape index (κ1) is 5.61. The molecule has 0 saturated carbocycles. The molecule has 0 heteroatoms. The highest BCUT2D eigenvalue weighted by Gasteiger charge is 2.02. The van der Waals surface area contributed by atoms with Crippen LogP contribution in [0.3, 0.4) is 0 Å². The van der Waals surface area contributed by atoms with Gasteiger partial charge in [0.1, 0.15) is 0 Å². The minimum Gasteiger partial charge on any atom is -0.0911 e. The van der Waals surface area contributed by atoms with E-state index in [2.05, 4.69) is 31.2 Å². The quantitative estimate of drug-likeness (QED) is 0.453. The second-order valence-corrected chi connectivity index (χ2v) is 2.20. The Bertz CT molecular complexity index is 109. The molecular weight excluding hydrogens is 96.1 g/mol. The first-order valence-electron chi connectivity index (χ1n) is 3.23. The molecule has 8 heavy (non-hydrogen) atoms. The second-order valence-electron chi connectivity index (χ2n) is 2.20. The Labute approximate surface area is 50.9 Å². The van der Waals surface area contributed by atoms with E-state index in [9.17, 15) is 0 Å². The van der Waals surface area contributed by atoms with Crippen LogP contribution in [0.25, 0.3) is 0 Å². The van der Waals surface area contributed by atoms with Crippen molar-refractivity contribution in [2.75, 3.05) is 0 Å². The molecule has 0 fully saturated rings. The summed E-state index contributed by atoms with van der Waals surface area (Å²) in [6.45, 7) is 2.08. The Morgan fingerprint density at radius 2 is 2.50 bits per heavy atom. The first-order chi connectivity index (χ1) is 3.93. The van der Waals surface area contributed by atoms with Crippen molar-refractivity contribution >= 4 is 0 Å². The van der Waals surface area contributed by atoms with E-state index >= 15 is 0 Å². The third-order valence-corrected chi connectivity index (χ3v) is 1.49. The summed E-state index contributed by atoms with van der Waals surface area (Å²) in [7, 11) is 0. The van der Waals surface area contributed by atoms with E-state index in [1.165, 1.54) is 12.8 Å². The molecule has 0 spiro atoms. The van der Waals surface area contributed by atoms with Gasteiger partial charge in [-0.25, -0.2) is 0 Å². The lowest BCUT2D eigenvalue weighted by atomic mass is 10.1. The van der Waals surface area contributed by atoms with E-state index in [4.69, 9.17) is 0 Å². The Balaban J connectivity index is 2.36. The van der Waals surface area contributed by atoms with E-state index in [1.807, 2.05) is 0 Å². The lowest BCUT2D eigenvalue weighted by Crippen LogP contribution is -1.81. The zero-order chi connectivity index (χ0) is 5.82. The van der Waals surface area contributed by atoms with Crippen LogP contribution in [0.4, 0.5) is 0 Å². The van der Waals surface area contributed by atoms with Gasteiger partial charge >= 0.3 is 0 Å². The van der Waals surface area contributed by atoms with Crippen LogP contribution in [0.5, 0.6) is 0 Å². The van der Waals surface area contributed by atoms with Crippen molar-refractivity contribution < 1.29 is 0 Å². The molecule has 1 unspecified atom stereocenters. The Kier molecular flexibility index (Phi) is 1.90. The fourth-order valence-electron chi connectivity index (χ4n) is 1.06. The van der Waals surface area contributed by atoms with Crippen molar-refractivity contribution in [2.24, 2.45) is 5.92 Å². The molecule has 0 radical (unpaired) electrons. The number of hydrogen-bond acceptors (Lipinski definition) is 0. The Hall–Kier alpha value is -0.520. The van der Waals surface area contributed by atoms with Crippen LogP contribution >= 0.6 is 0 Å². The van der Waals surface area contributed by atoms with Crippen molar-refractivity contribution in [3.05, 3.63) is 24.3 Å². The van der Waals surface area contributed by atoms with Gasteiger partial charge in [0.25, 0.3) is 0 Å². The molecule has 0 aromatic carbocycles. The lowest BCUT2D eigenvalue weighted by Gasteiger charge is -1.94. The third-order valence-electron chi connectivity index (χ3n) is 1.49. The maximum absolute atomic E-state index is 2.28. The highest BCUT2D eigenvalue weighted by atomic mass is 14.1. The summed E-state index contributed by atoms with van der Waals surface area (Å²) < 4.78 is 0. The molecule has 0 saturated heterocycles. The molecular formula is C8H12. The molecule has 0 N–H and O–H groups in total. The Morgan fingerprint density at radius 3 is 3.00 bits per heavy atom. The highest BCUT2D eigenvalue weighted by Crippen LogP contribution is 2.17. The smallest absolute Gasteiger partial charge is 0.00507 e. The van der Waals surface area contributed by atoms with E-state index in [0.29, 0.717) is 0 Å². The molecule has 44 valence electrons. The summed E-state index contributed by atoms with van der Waals surface area (Å²) in [6.07, 6.45) is 11.5. The van der Waals surface area contributed by atoms with Gasteiger partial charge in [-0.15, -0.1) is 0 Å². The zero-order valence-electron chi connectivity index (χ0n) is 5.30. The summed E-state index contributed by atoms with van der Waals surface area (Å²) in [6, 6.07) is 0. The average molecular weight is 108 g/mol. The molecule has 0 aliphatic heterocycles. The highest BCUT2D eigenvalue weighted by molar-refractivity contribution is 5.05. The molecule has 1 rings (SSSR count). The topological polar surface area (TPSA) is 0 Å². The lowest BCUT2D eigenvalue weighted by molar-refractivity contribution is 0.771. The minimum absolute atomic E-state index is 0.750. The van der Waals surface area contributed by atoms with E-state index in [0.717, 1.165) is 5.92 Å². The van der Waals surface area contributed by atoms with Crippen LogP contribution < -0.4 is 0 Å². The molecule has 1 aliphatic rings. The molecule has 0 bridgehead atoms. The number of allylic oxidation sites excluding steroid dienone is 4. The summed E-state index contributed by atoms with van der Waals surface area (Å²) in [4.78, 5) is 0. The van der Waals surface area contributed by atoms with E-state index < -0.39 is 0 Å². The second kappa shape index (κ2) is 2.71. The van der Waals surface area contributed by atoms with Crippen molar-refractivity contribution in [3.8, 4) is 0 Å². The summed E-state index contributed by atoms with van der Waals surface area (Å²) in [5.41, 5.74) is 0. The van der Waals surface area contributed by atoms with Crippen LogP contribution in [0, 0.1) is 5.92 Å². The Morgan fingerprint density at radius 1 is 1.62 bits per heavy atom. The summed E-state index contributed by atoms with van der Waals surface area (Å²) in [5, 5.41) is 0. The maximum atomic E-state index is 2.28. The van der Waals surface area contributed by atoms with Gasteiger partial charge in [0.05, 0.1) is 0 Å². The van der Waals surface area contributed by atoms with Crippen LogP contribution in [0.2, 0.25) is 0 Å². The van der Waals surface area contributed by atoms with Crippen LogP contribution in [0.15, 0.2) is 24.3 Å². The number of rotatable bonds is 1. The van der Waals surface area contributed by atoms with Gasteiger partial charge in [-0.3, -0.25) is 0 Å². The minimum atomic E-state index is 0.750. The standard InChI is InChI=1S/C8H12/c1-2-5-8-6-3-4-7-8/h2-3,5-6,8H,4,7H2,1H3/b5-2-. The molecule has 0 nitrogen and oxygen atoms in total. The summed E-state index contributed by atoms with van der Waals surface area (Å²) in [5.74, 6) is 0.750. The van der Waals surface area contributed by atoms with E-state index in [-0.39, 0.29) is 0 Å². The van der Waals surface area contributed by atoms with Crippen molar-refractivity contribution in [2.45, 2.75) is 19.8 Å². The normalized spacial score (nSPS) is 27.9. The van der Waals surface area contributed by atoms with Gasteiger partial charge in [-0.1, -0.05) is 24.3 Å². The molecule has 1 atom stereocenters. The fourth-order valence-corrected chi connectivity index (χ4v) is 1.06. The van der Waals surface area contributed by atoms with Crippen molar-refractivity contribution in [1.82, 2.24) is 0 Å².